The van der Waals surface area contributed by atoms with Crippen molar-refractivity contribution < 1.29 is 14.1 Å². The predicted octanol–water partition coefficient (Wildman–Crippen LogP) is 3.74. The van der Waals surface area contributed by atoms with Crippen LogP contribution in [0.5, 0.6) is 5.75 Å². The minimum absolute atomic E-state index is 0.107. The molecular weight excluding hydrogens is 275 g/mol. The summed E-state index contributed by atoms with van der Waals surface area (Å²) in [4.78, 5) is 10.4. The Balaban J connectivity index is 2.14. The van der Waals surface area contributed by atoms with Crippen molar-refractivity contribution in [2.24, 2.45) is 0 Å². The molecule has 0 aliphatic carbocycles. The zero-order valence-electron chi connectivity index (χ0n) is 11.5. The number of rotatable bonds is 6. The molecule has 6 heteroatoms. The molecule has 0 saturated heterocycles. The van der Waals surface area contributed by atoms with Crippen molar-refractivity contribution in [2.75, 3.05) is 11.9 Å². The Bertz CT molecular complexity index is 647. The lowest BCUT2D eigenvalue weighted by Crippen LogP contribution is -2.04. The molecule has 5 nitrogen and oxygen atoms in total. The molecule has 0 fully saturated rings. The van der Waals surface area contributed by atoms with Crippen LogP contribution < -0.4 is 10.1 Å². The fourth-order valence-electron chi connectivity index (χ4n) is 1.93. The molecule has 0 bridgehead atoms. The highest BCUT2D eigenvalue weighted by molar-refractivity contribution is 5.50. The normalized spacial score (nSPS) is 10.2. The number of hydrogen-bond donors (Lipinski definition) is 1. The van der Waals surface area contributed by atoms with Crippen LogP contribution in [-0.4, -0.2) is 11.5 Å². The minimum Gasteiger partial charge on any atom is -0.494 e. The van der Waals surface area contributed by atoms with Gasteiger partial charge >= 0.3 is 0 Å². The highest BCUT2D eigenvalue weighted by Gasteiger charge is 2.14. The van der Waals surface area contributed by atoms with Gasteiger partial charge in [-0.3, -0.25) is 10.1 Å². The second-order valence-corrected chi connectivity index (χ2v) is 4.34. The Morgan fingerprint density at radius 2 is 2.10 bits per heavy atom. The molecule has 2 aromatic carbocycles. The zero-order valence-corrected chi connectivity index (χ0v) is 11.5. The Morgan fingerprint density at radius 1 is 1.29 bits per heavy atom. The van der Waals surface area contributed by atoms with E-state index in [-0.39, 0.29) is 12.2 Å². The highest BCUT2D eigenvalue weighted by Crippen LogP contribution is 2.22. The van der Waals surface area contributed by atoms with Crippen molar-refractivity contribution in [3.8, 4) is 5.75 Å². The molecule has 0 aliphatic heterocycles. The van der Waals surface area contributed by atoms with Gasteiger partial charge in [0.15, 0.2) is 0 Å². The number of nitrogens with one attached hydrogen (secondary N) is 1. The average molecular weight is 290 g/mol. The van der Waals surface area contributed by atoms with Crippen LogP contribution in [0.25, 0.3) is 0 Å². The number of nitro groups is 1. The van der Waals surface area contributed by atoms with Gasteiger partial charge in [0.25, 0.3) is 5.69 Å². The molecule has 0 spiro atoms. The second-order valence-electron chi connectivity index (χ2n) is 4.34. The maximum atomic E-state index is 13.2. The summed E-state index contributed by atoms with van der Waals surface area (Å²) in [5.74, 6) is 0.205. The maximum Gasteiger partial charge on any atom is 0.274 e. The minimum atomic E-state index is -0.521. The van der Waals surface area contributed by atoms with Crippen LogP contribution in [0, 0.1) is 15.9 Å². The van der Waals surface area contributed by atoms with Crippen molar-refractivity contribution in [3.63, 3.8) is 0 Å². The fourth-order valence-corrected chi connectivity index (χ4v) is 1.93. The number of nitrogens with zero attached hydrogens (tertiary/aromatic N) is 1. The zero-order chi connectivity index (χ0) is 15.2. The molecule has 21 heavy (non-hydrogen) atoms. The lowest BCUT2D eigenvalue weighted by atomic mass is 10.1. The summed E-state index contributed by atoms with van der Waals surface area (Å²) in [5.41, 5.74) is 0.936. The SMILES string of the molecule is CCOc1cccc(NCc2cc(F)ccc2[N+](=O)[O-])c1. The van der Waals surface area contributed by atoms with Crippen LogP contribution in [0.2, 0.25) is 0 Å². The average Bonchev–Trinajstić information content (AvgIpc) is 2.45. The number of halogens is 1. The molecular formula is C15H15FN2O3. The van der Waals surface area contributed by atoms with Gasteiger partial charge in [-0.2, -0.15) is 0 Å². The molecule has 0 amide bonds. The number of hydrogen-bond acceptors (Lipinski definition) is 4. The number of benzene rings is 2. The molecule has 0 aliphatic rings. The van der Waals surface area contributed by atoms with Crippen LogP contribution in [0.15, 0.2) is 42.5 Å². The number of anilines is 1. The topological polar surface area (TPSA) is 64.4 Å². The maximum absolute atomic E-state index is 13.2. The summed E-state index contributed by atoms with van der Waals surface area (Å²) in [6.07, 6.45) is 0. The van der Waals surface area contributed by atoms with Crippen molar-refractivity contribution in [2.45, 2.75) is 13.5 Å². The van der Waals surface area contributed by atoms with E-state index in [1.165, 1.54) is 6.07 Å². The van der Waals surface area contributed by atoms with Crippen molar-refractivity contribution in [3.05, 3.63) is 64.0 Å². The first-order valence-corrected chi connectivity index (χ1v) is 6.49. The van der Waals surface area contributed by atoms with Crippen molar-refractivity contribution in [1.29, 1.82) is 0 Å². The van der Waals surface area contributed by atoms with E-state index in [0.29, 0.717) is 17.9 Å². The summed E-state index contributed by atoms with van der Waals surface area (Å²) in [6.45, 7) is 2.60. The number of nitro benzene ring substituents is 1. The lowest BCUT2D eigenvalue weighted by molar-refractivity contribution is -0.385. The van der Waals surface area contributed by atoms with Gasteiger partial charge in [-0.15, -0.1) is 0 Å². The molecule has 0 aromatic heterocycles. The van der Waals surface area contributed by atoms with E-state index in [1.807, 2.05) is 25.1 Å². The van der Waals surface area contributed by atoms with Crippen LogP contribution in [0.4, 0.5) is 15.8 Å². The summed E-state index contributed by atoms with van der Waals surface area (Å²) >= 11 is 0. The largest absolute Gasteiger partial charge is 0.494 e. The van der Waals surface area contributed by atoms with Gasteiger partial charge in [0.2, 0.25) is 0 Å². The van der Waals surface area contributed by atoms with Gasteiger partial charge in [-0.1, -0.05) is 6.07 Å². The third-order valence-electron chi connectivity index (χ3n) is 2.87. The van der Waals surface area contributed by atoms with E-state index in [9.17, 15) is 14.5 Å². The predicted molar refractivity (Wildman–Crippen MR) is 78.0 cm³/mol. The van der Waals surface area contributed by atoms with E-state index in [0.717, 1.165) is 17.8 Å². The molecule has 0 unspecified atom stereocenters. The molecule has 0 radical (unpaired) electrons. The quantitative estimate of drug-likeness (QED) is 0.650. The van der Waals surface area contributed by atoms with E-state index >= 15 is 0 Å². The van der Waals surface area contributed by atoms with E-state index < -0.39 is 10.7 Å². The first-order valence-electron chi connectivity index (χ1n) is 6.49. The van der Waals surface area contributed by atoms with Crippen LogP contribution >= 0.6 is 0 Å². The fraction of sp³-hybridized carbons (Fsp3) is 0.200. The third-order valence-corrected chi connectivity index (χ3v) is 2.87. The van der Waals surface area contributed by atoms with Gasteiger partial charge in [-0.25, -0.2) is 4.39 Å². The first kappa shape index (κ1) is 14.8. The first-order chi connectivity index (χ1) is 10.1. The Kier molecular flexibility index (Phi) is 4.71. The second kappa shape index (κ2) is 6.69. The third kappa shape index (κ3) is 3.92. The summed E-state index contributed by atoms with van der Waals surface area (Å²) in [7, 11) is 0. The molecule has 0 heterocycles. The molecule has 1 N–H and O–H groups in total. The van der Waals surface area contributed by atoms with Crippen LogP contribution in [0.3, 0.4) is 0 Å². The summed E-state index contributed by atoms with van der Waals surface area (Å²) < 4.78 is 18.6. The standard InChI is InChI=1S/C15H15FN2O3/c1-2-21-14-5-3-4-13(9-14)17-10-11-8-12(16)6-7-15(11)18(19)20/h3-9,17H,2,10H2,1H3. The van der Waals surface area contributed by atoms with E-state index in [4.69, 9.17) is 4.74 Å². The molecule has 2 rings (SSSR count). The van der Waals surface area contributed by atoms with Gasteiger partial charge < -0.3 is 10.1 Å². The van der Waals surface area contributed by atoms with E-state index in [1.54, 1.807) is 6.07 Å². The number of ether oxygens (including phenoxy) is 1. The van der Waals surface area contributed by atoms with Crippen LogP contribution in [-0.2, 0) is 6.54 Å². The van der Waals surface area contributed by atoms with Crippen molar-refractivity contribution >= 4 is 11.4 Å². The molecule has 110 valence electrons. The Hall–Kier alpha value is -2.63. The molecule has 0 saturated carbocycles. The van der Waals surface area contributed by atoms with E-state index in [2.05, 4.69) is 5.32 Å². The smallest absolute Gasteiger partial charge is 0.274 e. The summed E-state index contributed by atoms with van der Waals surface area (Å²) in [5, 5.41) is 14.0. The highest BCUT2D eigenvalue weighted by atomic mass is 19.1. The molecule has 0 atom stereocenters. The molecule has 2 aromatic rings. The summed E-state index contributed by atoms with van der Waals surface area (Å²) in [6, 6.07) is 10.6. The van der Waals surface area contributed by atoms with Gasteiger partial charge in [0.1, 0.15) is 11.6 Å². The lowest BCUT2D eigenvalue weighted by Gasteiger charge is -2.09. The van der Waals surface area contributed by atoms with Crippen LogP contribution in [0.1, 0.15) is 12.5 Å². The van der Waals surface area contributed by atoms with Gasteiger partial charge in [-0.05, 0) is 31.2 Å². The van der Waals surface area contributed by atoms with Crippen molar-refractivity contribution in [1.82, 2.24) is 0 Å². The Morgan fingerprint density at radius 3 is 2.81 bits per heavy atom. The Labute approximate surface area is 121 Å². The van der Waals surface area contributed by atoms with Gasteiger partial charge in [0.05, 0.1) is 17.1 Å². The van der Waals surface area contributed by atoms with Gasteiger partial charge in [0, 0.05) is 24.4 Å². The monoisotopic (exact) mass is 290 g/mol.